The Balaban J connectivity index is 1.59. The van der Waals surface area contributed by atoms with Crippen LogP contribution in [0.3, 0.4) is 0 Å². The zero-order valence-electron chi connectivity index (χ0n) is 15.4. The Morgan fingerprint density at radius 1 is 1.14 bits per heavy atom. The van der Waals surface area contributed by atoms with Gasteiger partial charge in [-0.3, -0.25) is 4.79 Å². The van der Waals surface area contributed by atoms with Gasteiger partial charge in [-0.05, 0) is 11.4 Å². The summed E-state index contributed by atoms with van der Waals surface area (Å²) >= 11 is 9.10. The van der Waals surface area contributed by atoms with Gasteiger partial charge in [-0.25, -0.2) is 8.42 Å². The summed E-state index contributed by atoms with van der Waals surface area (Å²) in [6.07, 6.45) is 0.749. The molecule has 156 valence electrons. The van der Waals surface area contributed by atoms with Gasteiger partial charge in [0.1, 0.15) is 9.77 Å². The van der Waals surface area contributed by atoms with Crippen LogP contribution in [-0.4, -0.2) is 56.4 Å². The highest BCUT2D eigenvalue weighted by molar-refractivity contribution is 7.99. The van der Waals surface area contributed by atoms with Crippen molar-refractivity contribution >= 4 is 56.3 Å². The van der Waals surface area contributed by atoms with E-state index in [0.29, 0.717) is 43.5 Å². The number of rotatable bonds is 4. The number of halogens is 1. The summed E-state index contributed by atoms with van der Waals surface area (Å²) in [4.78, 5) is 13.1. The molecule has 0 saturated carbocycles. The number of benzene rings is 1. The molecule has 0 unspecified atom stereocenters. The van der Waals surface area contributed by atoms with Gasteiger partial charge < -0.3 is 14.8 Å². The lowest BCUT2D eigenvalue weighted by molar-refractivity contribution is 0.102. The van der Waals surface area contributed by atoms with Crippen molar-refractivity contribution in [2.75, 3.05) is 43.1 Å². The molecular formula is C18H19ClN2O5S3. The van der Waals surface area contributed by atoms with E-state index in [0.717, 1.165) is 29.3 Å². The van der Waals surface area contributed by atoms with Gasteiger partial charge in [-0.15, -0.1) is 11.3 Å². The van der Waals surface area contributed by atoms with Crippen LogP contribution in [-0.2, 0) is 10.0 Å². The minimum Gasteiger partial charge on any atom is -0.490 e. The summed E-state index contributed by atoms with van der Waals surface area (Å²) in [6.45, 7) is 1.92. The number of thiophene rings is 1. The number of hydrogen-bond acceptors (Lipinski definition) is 7. The molecule has 1 aromatic carbocycles. The third-order valence-electron chi connectivity index (χ3n) is 4.51. The van der Waals surface area contributed by atoms with Crippen molar-refractivity contribution in [1.29, 1.82) is 0 Å². The molecular weight excluding hydrogens is 456 g/mol. The minimum atomic E-state index is -3.72. The van der Waals surface area contributed by atoms with Crippen LogP contribution >= 0.6 is 34.7 Å². The molecule has 1 aromatic heterocycles. The first-order valence-corrected chi connectivity index (χ1v) is 12.9. The predicted molar refractivity (Wildman–Crippen MR) is 115 cm³/mol. The van der Waals surface area contributed by atoms with E-state index in [9.17, 15) is 13.2 Å². The van der Waals surface area contributed by atoms with Gasteiger partial charge in [0, 0.05) is 43.1 Å². The van der Waals surface area contributed by atoms with Crippen LogP contribution in [0.4, 0.5) is 5.69 Å². The second-order valence-electron chi connectivity index (χ2n) is 6.41. The molecule has 0 aliphatic carbocycles. The first-order valence-electron chi connectivity index (χ1n) is 9.03. The molecule has 0 bridgehead atoms. The lowest BCUT2D eigenvalue weighted by Gasteiger charge is -2.25. The number of nitrogens with zero attached hydrogens (tertiary/aromatic N) is 1. The minimum absolute atomic E-state index is 0.0253. The molecule has 2 aromatic rings. The van der Waals surface area contributed by atoms with E-state index in [2.05, 4.69) is 5.32 Å². The van der Waals surface area contributed by atoms with E-state index < -0.39 is 15.9 Å². The summed E-state index contributed by atoms with van der Waals surface area (Å²) in [5.74, 6) is 1.98. The number of carbonyl (C=O) groups excluding carboxylic acids is 1. The average molecular weight is 475 g/mol. The highest BCUT2D eigenvalue weighted by atomic mass is 35.5. The molecule has 3 heterocycles. The number of amides is 1. The van der Waals surface area contributed by atoms with E-state index in [1.165, 1.54) is 10.4 Å². The predicted octanol–water partition coefficient (Wildman–Crippen LogP) is 3.55. The van der Waals surface area contributed by atoms with Crippen LogP contribution in [0.15, 0.2) is 28.5 Å². The number of fused-ring (bicyclic) bond motifs is 1. The largest absolute Gasteiger partial charge is 0.490 e. The number of hydrogen-bond donors (Lipinski definition) is 1. The molecule has 4 rings (SSSR count). The lowest BCUT2D eigenvalue weighted by Crippen LogP contribution is -2.38. The van der Waals surface area contributed by atoms with Gasteiger partial charge in [0.25, 0.3) is 5.91 Å². The number of anilines is 1. The number of thioether (sulfide) groups is 1. The van der Waals surface area contributed by atoms with Crippen molar-refractivity contribution in [2.24, 2.45) is 0 Å². The van der Waals surface area contributed by atoms with Crippen LogP contribution < -0.4 is 14.8 Å². The van der Waals surface area contributed by atoms with E-state index in [-0.39, 0.29) is 14.8 Å². The first kappa shape index (κ1) is 20.8. The van der Waals surface area contributed by atoms with Crippen molar-refractivity contribution in [3.8, 4) is 11.5 Å². The van der Waals surface area contributed by atoms with E-state index in [4.69, 9.17) is 21.1 Å². The topological polar surface area (TPSA) is 84.9 Å². The molecule has 1 saturated heterocycles. The quantitative estimate of drug-likeness (QED) is 0.729. The fourth-order valence-corrected chi connectivity index (χ4v) is 7.12. The average Bonchev–Trinajstić information content (AvgIpc) is 3.12. The Morgan fingerprint density at radius 3 is 2.55 bits per heavy atom. The van der Waals surface area contributed by atoms with E-state index in [1.807, 2.05) is 0 Å². The second kappa shape index (κ2) is 8.73. The summed E-state index contributed by atoms with van der Waals surface area (Å²) in [5, 5.41) is 4.61. The Hall–Kier alpha value is -1.46. The van der Waals surface area contributed by atoms with Gasteiger partial charge in [0.2, 0.25) is 10.0 Å². The summed E-state index contributed by atoms with van der Waals surface area (Å²) < 4.78 is 38.7. The zero-order valence-corrected chi connectivity index (χ0v) is 18.6. The van der Waals surface area contributed by atoms with E-state index in [1.54, 1.807) is 29.3 Å². The van der Waals surface area contributed by atoms with Gasteiger partial charge >= 0.3 is 0 Å². The third-order valence-corrected chi connectivity index (χ3v) is 8.75. The second-order valence-corrected chi connectivity index (χ2v) is 10.9. The molecule has 2 aliphatic heterocycles. The monoisotopic (exact) mass is 474 g/mol. The van der Waals surface area contributed by atoms with Gasteiger partial charge in [0.05, 0.1) is 23.9 Å². The molecule has 29 heavy (non-hydrogen) atoms. The van der Waals surface area contributed by atoms with Crippen LogP contribution in [0.5, 0.6) is 11.5 Å². The molecule has 0 radical (unpaired) electrons. The maximum Gasteiger partial charge on any atom is 0.267 e. The summed E-state index contributed by atoms with van der Waals surface area (Å²) in [5.41, 5.74) is 0.340. The Kier molecular flexibility index (Phi) is 6.26. The fraction of sp³-hybridized carbons (Fsp3) is 0.389. The zero-order chi connectivity index (χ0) is 20.4. The van der Waals surface area contributed by atoms with E-state index >= 15 is 0 Å². The maximum absolute atomic E-state index is 13.0. The van der Waals surface area contributed by atoms with Crippen molar-refractivity contribution in [3.05, 3.63) is 33.5 Å². The fourth-order valence-electron chi connectivity index (χ4n) is 3.05. The Bertz CT molecular complexity index is 1020. The van der Waals surface area contributed by atoms with Crippen LogP contribution in [0.2, 0.25) is 5.02 Å². The van der Waals surface area contributed by atoms with Crippen LogP contribution in [0.25, 0.3) is 0 Å². The number of ether oxygens (including phenoxy) is 2. The Morgan fingerprint density at radius 2 is 1.83 bits per heavy atom. The normalized spacial score (nSPS) is 17.6. The number of nitrogens with one attached hydrogen (secondary N) is 1. The maximum atomic E-state index is 13.0. The molecule has 0 atom stereocenters. The van der Waals surface area contributed by atoms with Gasteiger partial charge in [-0.2, -0.15) is 16.1 Å². The highest BCUT2D eigenvalue weighted by Crippen LogP contribution is 2.38. The molecule has 7 nitrogen and oxygen atoms in total. The van der Waals surface area contributed by atoms with Crippen molar-refractivity contribution in [3.63, 3.8) is 0 Å². The highest BCUT2D eigenvalue weighted by Gasteiger charge is 2.31. The van der Waals surface area contributed by atoms with Crippen molar-refractivity contribution in [2.45, 2.75) is 11.3 Å². The molecule has 0 spiro atoms. The van der Waals surface area contributed by atoms with Gasteiger partial charge in [0.15, 0.2) is 11.5 Å². The summed E-state index contributed by atoms with van der Waals surface area (Å²) in [7, 11) is -3.72. The molecule has 11 heteroatoms. The number of carbonyl (C=O) groups is 1. The van der Waals surface area contributed by atoms with Crippen LogP contribution in [0, 0.1) is 0 Å². The van der Waals surface area contributed by atoms with Crippen molar-refractivity contribution in [1.82, 2.24) is 4.31 Å². The molecule has 1 N–H and O–H groups in total. The van der Waals surface area contributed by atoms with Crippen molar-refractivity contribution < 1.29 is 22.7 Å². The lowest BCUT2D eigenvalue weighted by atomic mass is 10.2. The smallest absolute Gasteiger partial charge is 0.267 e. The summed E-state index contributed by atoms with van der Waals surface area (Å²) in [6, 6.07) is 4.67. The Labute approximate surface area is 182 Å². The van der Waals surface area contributed by atoms with Crippen LogP contribution in [0.1, 0.15) is 16.1 Å². The SMILES string of the molecule is O=C(Nc1cc2c(cc1Cl)OCCCO2)c1sccc1S(=O)(=O)N1CCSCC1. The standard InChI is InChI=1S/C18H19ClN2O5S3/c19-12-10-14-15(26-6-1-5-25-14)11-13(12)20-18(22)17-16(2-7-28-17)29(23,24)21-3-8-27-9-4-21/h2,7,10-11H,1,3-6,8-9H2,(H,20,22). The first-order chi connectivity index (χ1) is 14.0. The molecule has 1 amide bonds. The molecule has 2 aliphatic rings. The van der Waals surface area contributed by atoms with Gasteiger partial charge in [-0.1, -0.05) is 11.6 Å². The molecule has 1 fully saturated rings. The number of sulfonamides is 1. The third kappa shape index (κ3) is 4.36.